The predicted octanol–water partition coefficient (Wildman–Crippen LogP) is -1.51. The van der Waals surface area contributed by atoms with Crippen LogP contribution in [0.25, 0.3) is 0 Å². The molecule has 0 radical (unpaired) electrons. The second-order valence-corrected chi connectivity index (χ2v) is 2.93. The Bertz CT molecular complexity index is 130. The monoisotopic (exact) mass is 194 g/mol. The maximum Gasteiger partial charge on any atom is 0.107 e. The molecule has 0 aromatic carbocycles. The van der Waals surface area contributed by atoms with Gasteiger partial charge in [0.15, 0.2) is 0 Å². The number of aliphatic hydroxyl groups is 4. The molecule has 3 unspecified atom stereocenters. The average Bonchev–Trinajstić information content (AvgIpc) is 2.15. The van der Waals surface area contributed by atoms with Crippen molar-refractivity contribution in [3.8, 4) is 0 Å². The first-order valence-corrected chi connectivity index (χ1v) is 4.22. The van der Waals surface area contributed by atoms with Crippen LogP contribution in [0.2, 0.25) is 0 Å². The molecule has 4 atom stereocenters. The molecular weight excluding hydrogens is 176 g/mol. The molecule has 0 saturated carbocycles. The Hall–Kier alpha value is -0.200. The molecule has 1 heterocycles. The number of ether oxygens (including phenoxy) is 1. The Balaban J connectivity index is 0.000000671. The summed E-state index contributed by atoms with van der Waals surface area (Å²) in [5.74, 6) is 0. The normalized spacial score (nSPS) is 39.2. The predicted molar refractivity (Wildman–Crippen MR) is 46.2 cm³/mol. The van der Waals surface area contributed by atoms with Gasteiger partial charge in [-0.05, 0) is 6.92 Å². The Morgan fingerprint density at radius 2 is 1.77 bits per heavy atom. The van der Waals surface area contributed by atoms with Crippen molar-refractivity contribution < 1.29 is 25.2 Å². The van der Waals surface area contributed by atoms with E-state index in [0.29, 0.717) is 0 Å². The smallest absolute Gasteiger partial charge is 0.107 e. The van der Waals surface area contributed by atoms with Crippen LogP contribution in [0.3, 0.4) is 0 Å². The summed E-state index contributed by atoms with van der Waals surface area (Å²) in [6, 6.07) is 0. The Labute approximate surface area is 77.6 Å². The second-order valence-electron chi connectivity index (χ2n) is 2.93. The number of rotatable bonds is 1. The summed E-state index contributed by atoms with van der Waals surface area (Å²) in [5, 5.41) is 34.1. The van der Waals surface area contributed by atoms with E-state index in [2.05, 4.69) is 0 Å². The van der Waals surface area contributed by atoms with Crippen LogP contribution in [-0.2, 0) is 4.74 Å². The lowest BCUT2D eigenvalue weighted by molar-refractivity contribution is -0.173. The molecule has 0 spiro atoms. The zero-order valence-corrected chi connectivity index (χ0v) is 7.92. The standard InChI is InChI=1S/C7H14O4.CH4O/c1-4-5(9)2-6(10)7(3-8)11-4;1-2/h4-10H,2-3H2,1H3;2H,1H3/t4?,5?,6-,7?;/m0./s1. The molecule has 0 aromatic heterocycles. The minimum atomic E-state index is -0.744. The van der Waals surface area contributed by atoms with Crippen molar-refractivity contribution in [2.45, 2.75) is 37.8 Å². The van der Waals surface area contributed by atoms with Crippen molar-refractivity contribution >= 4 is 0 Å². The molecule has 0 bridgehead atoms. The first-order valence-electron chi connectivity index (χ1n) is 4.22. The zero-order chi connectivity index (χ0) is 10.4. The highest BCUT2D eigenvalue weighted by molar-refractivity contribution is 4.81. The maximum absolute atomic E-state index is 9.21. The Morgan fingerprint density at radius 3 is 2.23 bits per heavy atom. The minimum absolute atomic E-state index is 0.196. The zero-order valence-electron chi connectivity index (χ0n) is 7.92. The molecule has 5 nitrogen and oxygen atoms in total. The van der Waals surface area contributed by atoms with E-state index in [1.807, 2.05) is 0 Å². The van der Waals surface area contributed by atoms with Crippen LogP contribution in [0, 0.1) is 0 Å². The van der Waals surface area contributed by atoms with Crippen molar-refractivity contribution in [2.75, 3.05) is 13.7 Å². The molecule has 0 aliphatic carbocycles. The lowest BCUT2D eigenvalue weighted by Gasteiger charge is -2.34. The summed E-state index contributed by atoms with van der Waals surface area (Å²) in [6.45, 7) is 1.53. The maximum atomic E-state index is 9.21. The topological polar surface area (TPSA) is 90.2 Å². The first kappa shape index (κ1) is 12.8. The molecule has 0 aromatic rings. The van der Waals surface area contributed by atoms with Crippen molar-refractivity contribution in [2.24, 2.45) is 0 Å². The summed E-state index contributed by atoms with van der Waals surface area (Å²) in [6.07, 6.45) is -1.91. The summed E-state index contributed by atoms with van der Waals surface area (Å²) in [7, 11) is 1.00. The fourth-order valence-corrected chi connectivity index (χ4v) is 1.21. The quantitative estimate of drug-likeness (QED) is 0.407. The van der Waals surface area contributed by atoms with Crippen molar-refractivity contribution in [1.82, 2.24) is 0 Å². The van der Waals surface area contributed by atoms with E-state index in [0.717, 1.165) is 7.11 Å². The lowest BCUT2D eigenvalue weighted by atomic mass is 10.00. The highest BCUT2D eigenvalue weighted by atomic mass is 16.5. The Morgan fingerprint density at radius 1 is 1.23 bits per heavy atom. The van der Waals surface area contributed by atoms with Crippen LogP contribution in [0.4, 0.5) is 0 Å². The molecule has 1 saturated heterocycles. The van der Waals surface area contributed by atoms with Gasteiger partial charge in [0.1, 0.15) is 6.10 Å². The van der Waals surface area contributed by atoms with Gasteiger partial charge in [0, 0.05) is 13.5 Å². The molecule has 4 N–H and O–H groups in total. The fourth-order valence-electron chi connectivity index (χ4n) is 1.21. The van der Waals surface area contributed by atoms with Crippen LogP contribution in [0.5, 0.6) is 0 Å². The van der Waals surface area contributed by atoms with Crippen LogP contribution in [0.15, 0.2) is 0 Å². The van der Waals surface area contributed by atoms with Crippen LogP contribution in [0.1, 0.15) is 13.3 Å². The molecule has 5 heteroatoms. The molecular formula is C8H18O5. The van der Waals surface area contributed by atoms with E-state index in [1.54, 1.807) is 6.92 Å². The molecule has 1 aliphatic heterocycles. The molecule has 80 valence electrons. The fraction of sp³-hybridized carbons (Fsp3) is 1.00. The van der Waals surface area contributed by atoms with E-state index in [9.17, 15) is 10.2 Å². The summed E-state index contributed by atoms with van der Waals surface area (Å²) >= 11 is 0. The van der Waals surface area contributed by atoms with Gasteiger partial charge in [0.05, 0.1) is 24.9 Å². The lowest BCUT2D eigenvalue weighted by Crippen LogP contribution is -2.47. The average molecular weight is 194 g/mol. The minimum Gasteiger partial charge on any atom is -0.400 e. The SMILES string of the molecule is CC1OC(CO)[C@@H](O)CC1O.CO. The van der Waals surface area contributed by atoms with E-state index in [1.165, 1.54) is 0 Å². The van der Waals surface area contributed by atoms with Gasteiger partial charge >= 0.3 is 0 Å². The van der Waals surface area contributed by atoms with E-state index >= 15 is 0 Å². The van der Waals surface area contributed by atoms with Gasteiger partial charge in [-0.15, -0.1) is 0 Å². The molecule has 13 heavy (non-hydrogen) atoms. The van der Waals surface area contributed by atoms with Crippen LogP contribution in [-0.4, -0.2) is 58.6 Å². The first-order chi connectivity index (χ1) is 6.15. The van der Waals surface area contributed by atoms with E-state index < -0.39 is 18.3 Å². The molecule has 1 rings (SSSR count). The van der Waals surface area contributed by atoms with Gasteiger partial charge in [-0.25, -0.2) is 0 Å². The summed E-state index contributed by atoms with van der Waals surface area (Å²) < 4.78 is 5.11. The van der Waals surface area contributed by atoms with Gasteiger partial charge in [0.25, 0.3) is 0 Å². The number of hydrogen-bond acceptors (Lipinski definition) is 5. The van der Waals surface area contributed by atoms with E-state index in [4.69, 9.17) is 14.9 Å². The molecule has 1 aliphatic rings. The highest BCUT2D eigenvalue weighted by Gasteiger charge is 2.32. The Kier molecular flexibility index (Phi) is 6.19. The van der Waals surface area contributed by atoms with Crippen molar-refractivity contribution in [1.29, 1.82) is 0 Å². The third kappa shape index (κ3) is 3.58. The highest BCUT2D eigenvalue weighted by Crippen LogP contribution is 2.19. The van der Waals surface area contributed by atoms with Gasteiger partial charge in [0.2, 0.25) is 0 Å². The molecule has 1 fully saturated rings. The van der Waals surface area contributed by atoms with Gasteiger partial charge in [-0.1, -0.05) is 0 Å². The largest absolute Gasteiger partial charge is 0.400 e. The number of aliphatic hydroxyl groups excluding tert-OH is 4. The second kappa shape index (κ2) is 6.28. The van der Waals surface area contributed by atoms with Crippen LogP contribution < -0.4 is 0 Å². The van der Waals surface area contributed by atoms with Crippen molar-refractivity contribution in [3.05, 3.63) is 0 Å². The summed E-state index contributed by atoms with van der Waals surface area (Å²) in [4.78, 5) is 0. The van der Waals surface area contributed by atoms with Gasteiger partial charge in [-0.3, -0.25) is 0 Å². The van der Waals surface area contributed by atoms with Crippen LogP contribution >= 0.6 is 0 Å². The molecule has 0 amide bonds. The van der Waals surface area contributed by atoms with Gasteiger partial charge < -0.3 is 25.2 Å². The van der Waals surface area contributed by atoms with Gasteiger partial charge in [-0.2, -0.15) is 0 Å². The van der Waals surface area contributed by atoms with Crippen molar-refractivity contribution in [3.63, 3.8) is 0 Å². The number of hydrogen-bond donors (Lipinski definition) is 4. The third-order valence-electron chi connectivity index (χ3n) is 2.02. The van der Waals surface area contributed by atoms with E-state index in [-0.39, 0.29) is 19.1 Å². The summed E-state index contributed by atoms with van der Waals surface area (Å²) in [5.41, 5.74) is 0. The third-order valence-corrected chi connectivity index (χ3v) is 2.02.